The quantitative estimate of drug-likeness (QED) is 0.568. The van der Waals surface area contributed by atoms with Gasteiger partial charge in [0.25, 0.3) is 0 Å². The van der Waals surface area contributed by atoms with Crippen molar-refractivity contribution in [3.63, 3.8) is 0 Å². The number of nitrogens with zero attached hydrogens (tertiary/aromatic N) is 3. The zero-order valence-electron chi connectivity index (χ0n) is 6.15. The minimum absolute atomic E-state index is 0.211. The Kier molecular flexibility index (Phi) is 1.39. The van der Waals surface area contributed by atoms with E-state index >= 15 is 0 Å². The van der Waals surface area contributed by atoms with Gasteiger partial charge in [0.05, 0.1) is 0 Å². The highest BCUT2D eigenvalue weighted by Crippen LogP contribution is 2.16. The maximum Gasteiger partial charge on any atom is 0.236 e. The standard InChI is InChI=1S/C6H6N4O2/c11-4-1-2-5(12)10(4)6-7-3-8-9-6/h3H,1-2H2,(H,7,8,9). The molecule has 2 amide bonds. The Hall–Kier alpha value is -1.72. The molecule has 1 aliphatic rings. The number of rotatable bonds is 1. The Labute approximate surface area is 67.6 Å². The van der Waals surface area contributed by atoms with Gasteiger partial charge in [0.1, 0.15) is 6.33 Å². The molecule has 1 aliphatic heterocycles. The van der Waals surface area contributed by atoms with Crippen LogP contribution in [-0.2, 0) is 9.59 Å². The normalized spacial score (nSPS) is 17.5. The van der Waals surface area contributed by atoms with Crippen LogP contribution in [0, 0.1) is 0 Å². The van der Waals surface area contributed by atoms with Crippen molar-refractivity contribution in [1.29, 1.82) is 0 Å². The summed E-state index contributed by atoms with van der Waals surface area (Å²) in [4.78, 5) is 26.9. The third-order valence-corrected chi connectivity index (χ3v) is 1.67. The molecule has 1 fully saturated rings. The van der Waals surface area contributed by atoms with E-state index in [4.69, 9.17) is 0 Å². The van der Waals surface area contributed by atoms with Crippen LogP contribution in [0.4, 0.5) is 5.95 Å². The van der Waals surface area contributed by atoms with Gasteiger partial charge in [0, 0.05) is 12.8 Å². The Bertz CT molecular complexity index is 302. The van der Waals surface area contributed by atoms with Crippen molar-refractivity contribution in [3.8, 4) is 0 Å². The van der Waals surface area contributed by atoms with Crippen molar-refractivity contribution < 1.29 is 9.59 Å². The van der Waals surface area contributed by atoms with Crippen LogP contribution >= 0.6 is 0 Å². The monoisotopic (exact) mass is 166 g/mol. The van der Waals surface area contributed by atoms with Crippen LogP contribution in [0.2, 0.25) is 0 Å². The summed E-state index contributed by atoms with van der Waals surface area (Å²) in [6, 6.07) is 0. The lowest BCUT2D eigenvalue weighted by Crippen LogP contribution is -2.29. The summed E-state index contributed by atoms with van der Waals surface area (Å²) in [6.07, 6.45) is 1.78. The van der Waals surface area contributed by atoms with Gasteiger partial charge in [0.2, 0.25) is 17.8 Å². The number of carbonyl (C=O) groups excluding carboxylic acids is 2. The van der Waals surface area contributed by atoms with Crippen LogP contribution in [-0.4, -0.2) is 27.0 Å². The number of imide groups is 1. The van der Waals surface area contributed by atoms with Crippen molar-refractivity contribution in [2.24, 2.45) is 0 Å². The number of aromatic amines is 1. The molecular weight excluding hydrogens is 160 g/mol. The third kappa shape index (κ3) is 0.884. The van der Waals surface area contributed by atoms with Crippen molar-refractivity contribution in [3.05, 3.63) is 6.33 Å². The highest BCUT2D eigenvalue weighted by molar-refractivity contribution is 6.18. The Morgan fingerprint density at radius 3 is 2.50 bits per heavy atom. The van der Waals surface area contributed by atoms with E-state index in [0.29, 0.717) is 0 Å². The molecule has 0 spiro atoms. The second-order valence-corrected chi connectivity index (χ2v) is 2.43. The fraction of sp³-hybridized carbons (Fsp3) is 0.333. The molecule has 1 aromatic heterocycles. The van der Waals surface area contributed by atoms with Gasteiger partial charge >= 0.3 is 0 Å². The third-order valence-electron chi connectivity index (χ3n) is 1.67. The van der Waals surface area contributed by atoms with Crippen LogP contribution in [0.15, 0.2) is 6.33 Å². The number of aromatic nitrogens is 3. The first-order chi connectivity index (χ1) is 5.79. The first-order valence-corrected chi connectivity index (χ1v) is 3.50. The highest BCUT2D eigenvalue weighted by atomic mass is 16.2. The highest BCUT2D eigenvalue weighted by Gasteiger charge is 2.31. The molecule has 62 valence electrons. The summed E-state index contributed by atoms with van der Waals surface area (Å²) >= 11 is 0. The molecule has 2 rings (SSSR count). The zero-order chi connectivity index (χ0) is 8.55. The van der Waals surface area contributed by atoms with E-state index in [9.17, 15) is 9.59 Å². The summed E-state index contributed by atoms with van der Waals surface area (Å²) < 4.78 is 0. The molecule has 1 aromatic rings. The molecule has 0 aliphatic carbocycles. The lowest BCUT2D eigenvalue weighted by atomic mass is 10.4. The van der Waals surface area contributed by atoms with Gasteiger partial charge in [-0.3, -0.25) is 9.59 Å². The molecule has 12 heavy (non-hydrogen) atoms. The van der Waals surface area contributed by atoms with Crippen molar-refractivity contribution in [2.45, 2.75) is 12.8 Å². The van der Waals surface area contributed by atoms with Crippen molar-refractivity contribution in [1.82, 2.24) is 15.2 Å². The van der Waals surface area contributed by atoms with Crippen molar-refractivity contribution >= 4 is 17.8 Å². The number of hydrogen-bond donors (Lipinski definition) is 1. The van der Waals surface area contributed by atoms with E-state index in [1.807, 2.05) is 0 Å². The van der Waals surface area contributed by atoms with Gasteiger partial charge in [-0.25, -0.2) is 10.00 Å². The van der Waals surface area contributed by atoms with Crippen LogP contribution in [0.5, 0.6) is 0 Å². The SMILES string of the molecule is O=C1CCC(=O)N1c1ncn[nH]1. The van der Waals surface area contributed by atoms with E-state index in [1.165, 1.54) is 6.33 Å². The second-order valence-electron chi connectivity index (χ2n) is 2.43. The molecular formula is C6H6N4O2. The van der Waals surface area contributed by atoms with Crippen LogP contribution in [0.25, 0.3) is 0 Å². The lowest BCUT2D eigenvalue weighted by Gasteiger charge is -2.07. The molecule has 0 bridgehead atoms. The summed E-state index contributed by atoms with van der Waals surface area (Å²) in [5.41, 5.74) is 0. The number of hydrogen-bond acceptors (Lipinski definition) is 4. The summed E-state index contributed by atoms with van der Waals surface area (Å²) in [6.45, 7) is 0. The molecule has 0 aromatic carbocycles. The average Bonchev–Trinajstić information content (AvgIpc) is 2.61. The lowest BCUT2D eigenvalue weighted by molar-refractivity contribution is -0.121. The molecule has 0 atom stereocenters. The van der Waals surface area contributed by atoms with Crippen LogP contribution in [0.3, 0.4) is 0 Å². The fourth-order valence-corrected chi connectivity index (χ4v) is 1.12. The maximum absolute atomic E-state index is 11.1. The predicted octanol–water partition coefficient (Wildman–Crippen LogP) is -0.542. The minimum Gasteiger partial charge on any atom is -0.274 e. The predicted molar refractivity (Wildman–Crippen MR) is 38.1 cm³/mol. The van der Waals surface area contributed by atoms with Gasteiger partial charge in [0.15, 0.2) is 0 Å². The maximum atomic E-state index is 11.1. The molecule has 0 saturated carbocycles. The molecule has 2 heterocycles. The number of H-pyrrole nitrogens is 1. The fourth-order valence-electron chi connectivity index (χ4n) is 1.12. The van der Waals surface area contributed by atoms with Crippen LogP contribution in [0.1, 0.15) is 12.8 Å². The largest absolute Gasteiger partial charge is 0.274 e. The van der Waals surface area contributed by atoms with Gasteiger partial charge in [-0.1, -0.05) is 0 Å². The molecule has 1 saturated heterocycles. The van der Waals surface area contributed by atoms with E-state index in [1.54, 1.807) is 0 Å². The topological polar surface area (TPSA) is 79.0 Å². The Morgan fingerprint density at radius 2 is 2.00 bits per heavy atom. The van der Waals surface area contributed by atoms with E-state index in [2.05, 4.69) is 15.2 Å². The van der Waals surface area contributed by atoms with Gasteiger partial charge < -0.3 is 0 Å². The van der Waals surface area contributed by atoms with Gasteiger partial charge in [-0.05, 0) is 0 Å². The summed E-state index contributed by atoms with van der Waals surface area (Å²) in [7, 11) is 0. The van der Waals surface area contributed by atoms with Gasteiger partial charge in [-0.2, -0.15) is 10.1 Å². The average molecular weight is 166 g/mol. The van der Waals surface area contributed by atoms with E-state index in [0.717, 1.165) is 4.90 Å². The summed E-state index contributed by atoms with van der Waals surface area (Å²) in [5.74, 6) is -0.240. The molecule has 6 nitrogen and oxygen atoms in total. The van der Waals surface area contributed by atoms with E-state index in [-0.39, 0.29) is 30.6 Å². The second kappa shape index (κ2) is 2.40. The summed E-state index contributed by atoms with van der Waals surface area (Å²) in [5, 5.41) is 6.02. The number of carbonyl (C=O) groups is 2. The smallest absolute Gasteiger partial charge is 0.236 e. The van der Waals surface area contributed by atoms with E-state index < -0.39 is 0 Å². The molecule has 0 unspecified atom stereocenters. The Morgan fingerprint density at radius 1 is 1.33 bits per heavy atom. The zero-order valence-corrected chi connectivity index (χ0v) is 6.15. The van der Waals surface area contributed by atoms with Gasteiger partial charge in [-0.15, -0.1) is 0 Å². The first-order valence-electron chi connectivity index (χ1n) is 3.50. The molecule has 1 N–H and O–H groups in total. The number of nitrogens with one attached hydrogen (secondary N) is 1. The molecule has 6 heteroatoms. The number of amides is 2. The number of anilines is 1. The Balaban J connectivity index is 2.34. The molecule has 0 radical (unpaired) electrons. The first kappa shape index (κ1) is 6.96. The minimum atomic E-state index is -0.225. The van der Waals surface area contributed by atoms with Crippen LogP contribution < -0.4 is 4.90 Å². The van der Waals surface area contributed by atoms with Crippen molar-refractivity contribution in [2.75, 3.05) is 4.90 Å².